The van der Waals surface area contributed by atoms with Gasteiger partial charge >= 0.3 is 0 Å². The molecule has 2 heterocycles. The van der Waals surface area contributed by atoms with E-state index >= 15 is 0 Å². The smallest absolute Gasteiger partial charge is 0.0541 e. The van der Waals surface area contributed by atoms with E-state index in [-0.39, 0.29) is 0 Å². The van der Waals surface area contributed by atoms with Crippen molar-refractivity contribution in [2.45, 2.75) is 0 Å². The van der Waals surface area contributed by atoms with Gasteiger partial charge in [0.1, 0.15) is 0 Å². The van der Waals surface area contributed by atoms with Crippen LogP contribution in [0.5, 0.6) is 0 Å². The number of nitrogens with one attached hydrogen (secondary N) is 1. The molecule has 9 rings (SSSR count). The minimum Gasteiger partial charge on any atom is -0.356 e. The fourth-order valence-corrected chi connectivity index (χ4v) is 7.68. The molecule has 0 radical (unpaired) electrons. The van der Waals surface area contributed by atoms with Crippen molar-refractivity contribution in [3.63, 3.8) is 0 Å². The normalized spacial score (nSPS) is 11.6. The predicted octanol–water partition coefficient (Wildman–Crippen LogP) is 12.2. The van der Waals surface area contributed by atoms with E-state index in [9.17, 15) is 0 Å². The molecule has 0 aliphatic rings. The number of benzene rings is 7. The first-order valence-corrected chi connectivity index (χ1v) is 16.1. The molecule has 1 N–H and O–H groups in total. The standard InChI is InChI=1S/C42H28N2S/c1-4-13-39-35(10-1)36-11-2-5-14-40(36)44(39)34-9-7-8-31(26-34)30-18-16-28(17-19-30)29-20-22-32(23-21-29)43-33-24-25-42-38(27-33)37-12-3-6-15-41(37)45-42/h1-27,43H. The van der Waals surface area contributed by atoms with E-state index in [0.29, 0.717) is 0 Å². The van der Waals surface area contributed by atoms with Gasteiger partial charge in [0.2, 0.25) is 0 Å². The largest absolute Gasteiger partial charge is 0.356 e. The lowest BCUT2D eigenvalue weighted by molar-refractivity contribution is 1.18. The Labute approximate surface area is 265 Å². The third-order valence-corrected chi connectivity index (χ3v) is 9.94. The lowest BCUT2D eigenvalue weighted by Crippen LogP contribution is -1.94. The van der Waals surface area contributed by atoms with Gasteiger partial charge in [0.15, 0.2) is 0 Å². The van der Waals surface area contributed by atoms with Gasteiger partial charge in [0.05, 0.1) is 11.0 Å². The lowest BCUT2D eigenvalue weighted by atomic mass is 10.00. The maximum Gasteiger partial charge on any atom is 0.0541 e. The molecular formula is C42H28N2S. The topological polar surface area (TPSA) is 17.0 Å². The first-order chi connectivity index (χ1) is 22.3. The summed E-state index contributed by atoms with van der Waals surface area (Å²) < 4.78 is 5.02. The first-order valence-electron chi connectivity index (χ1n) is 15.3. The number of aromatic nitrogens is 1. The molecule has 0 aliphatic carbocycles. The summed E-state index contributed by atoms with van der Waals surface area (Å²) in [4.78, 5) is 0. The molecular weight excluding hydrogens is 565 g/mol. The van der Waals surface area contributed by atoms with Crippen LogP contribution in [0.4, 0.5) is 11.4 Å². The maximum atomic E-state index is 3.60. The molecule has 0 aliphatic heterocycles. The third kappa shape index (κ3) is 4.48. The quantitative estimate of drug-likeness (QED) is 0.210. The third-order valence-electron chi connectivity index (χ3n) is 8.79. The molecule has 0 amide bonds. The van der Waals surface area contributed by atoms with Crippen molar-refractivity contribution in [1.29, 1.82) is 0 Å². The van der Waals surface area contributed by atoms with Gasteiger partial charge in [-0.25, -0.2) is 0 Å². The summed E-state index contributed by atoms with van der Waals surface area (Å²) in [5, 5.41) is 8.78. The van der Waals surface area contributed by atoms with Crippen LogP contribution < -0.4 is 5.32 Å². The Bertz CT molecular complexity index is 2450. The van der Waals surface area contributed by atoms with Crippen molar-refractivity contribution >= 4 is 64.7 Å². The summed E-state index contributed by atoms with van der Waals surface area (Å²) in [5.74, 6) is 0. The number of para-hydroxylation sites is 2. The molecule has 0 saturated heterocycles. The van der Waals surface area contributed by atoms with Crippen LogP contribution in [0.3, 0.4) is 0 Å². The molecule has 7 aromatic carbocycles. The van der Waals surface area contributed by atoms with Crippen LogP contribution in [-0.4, -0.2) is 4.57 Å². The Hall–Kier alpha value is -5.64. The number of fused-ring (bicyclic) bond motifs is 6. The number of rotatable bonds is 5. The molecule has 2 nitrogen and oxygen atoms in total. The van der Waals surface area contributed by atoms with Crippen LogP contribution in [-0.2, 0) is 0 Å². The molecule has 212 valence electrons. The Kier molecular flexibility index (Phi) is 6.03. The van der Waals surface area contributed by atoms with E-state index in [4.69, 9.17) is 0 Å². The zero-order valence-corrected chi connectivity index (χ0v) is 25.3. The van der Waals surface area contributed by atoms with Gasteiger partial charge in [-0.1, -0.05) is 103 Å². The highest BCUT2D eigenvalue weighted by atomic mass is 32.1. The summed E-state index contributed by atoms with van der Waals surface area (Å²) >= 11 is 1.85. The average Bonchev–Trinajstić information content (AvgIpc) is 3.64. The van der Waals surface area contributed by atoms with Gasteiger partial charge in [-0.3, -0.25) is 0 Å². The minimum absolute atomic E-state index is 1.08. The van der Waals surface area contributed by atoms with E-state index < -0.39 is 0 Å². The van der Waals surface area contributed by atoms with E-state index in [1.165, 1.54) is 69.9 Å². The Morgan fingerprint density at radius 1 is 0.378 bits per heavy atom. The van der Waals surface area contributed by atoms with Crippen LogP contribution in [0, 0.1) is 0 Å². The van der Waals surface area contributed by atoms with Crippen molar-refractivity contribution < 1.29 is 0 Å². The zero-order valence-electron chi connectivity index (χ0n) is 24.4. The van der Waals surface area contributed by atoms with Gasteiger partial charge in [0.25, 0.3) is 0 Å². The summed E-state index contributed by atoms with van der Waals surface area (Å²) in [7, 11) is 0. The second-order valence-corrected chi connectivity index (χ2v) is 12.6. The van der Waals surface area contributed by atoms with Gasteiger partial charge in [0, 0.05) is 48.0 Å². The highest BCUT2D eigenvalue weighted by Gasteiger charge is 2.12. The van der Waals surface area contributed by atoms with Gasteiger partial charge in [-0.05, 0) is 82.9 Å². The monoisotopic (exact) mass is 592 g/mol. The highest BCUT2D eigenvalue weighted by molar-refractivity contribution is 7.25. The zero-order chi connectivity index (χ0) is 29.7. The van der Waals surface area contributed by atoms with Gasteiger partial charge < -0.3 is 9.88 Å². The average molecular weight is 593 g/mol. The Morgan fingerprint density at radius 3 is 1.64 bits per heavy atom. The number of hydrogen-bond acceptors (Lipinski definition) is 2. The number of anilines is 2. The fourth-order valence-electron chi connectivity index (χ4n) is 6.60. The predicted molar refractivity (Wildman–Crippen MR) is 194 cm³/mol. The van der Waals surface area contributed by atoms with Crippen molar-refractivity contribution in [2.24, 2.45) is 0 Å². The molecule has 0 bridgehead atoms. The summed E-state index contributed by atoms with van der Waals surface area (Å²) in [6.07, 6.45) is 0. The molecule has 45 heavy (non-hydrogen) atoms. The first kappa shape index (κ1) is 25.8. The minimum atomic E-state index is 1.08. The van der Waals surface area contributed by atoms with Crippen molar-refractivity contribution in [2.75, 3.05) is 5.32 Å². The number of nitrogens with zero attached hydrogens (tertiary/aromatic N) is 1. The molecule has 9 aromatic rings. The van der Waals surface area contributed by atoms with Crippen molar-refractivity contribution in [3.05, 3.63) is 164 Å². The maximum absolute atomic E-state index is 3.60. The van der Waals surface area contributed by atoms with Crippen LogP contribution in [0.25, 0.3) is 69.9 Å². The Morgan fingerprint density at radius 2 is 0.933 bits per heavy atom. The molecule has 2 aromatic heterocycles. The summed E-state index contributed by atoms with van der Waals surface area (Å²) in [5.41, 5.74) is 10.6. The molecule has 3 heteroatoms. The van der Waals surface area contributed by atoms with Gasteiger partial charge in [-0.2, -0.15) is 0 Å². The number of thiophene rings is 1. The van der Waals surface area contributed by atoms with Crippen LogP contribution >= 0.6 is 11.3 Å². The molecule has 0 atom stereocenters. The van der Waals surface area contributed by atoms with E-state index in [2.05, 4.69) is 174 Å². The van der Waals surface area contributed by atoms with Gasteiger partial charge in [-0.15, -0.1) is 11.3 Å². The molecule has 0 spiro atoms. The molecule has 0 fully saturated rings. The van der Waals surface area contributed by atoms with Crippen LogP contribution in [0.2, 0.25) is 0 Å². The fraction of sp³-hybridized carbons (Fsp3) is 0. The molecule has 0 saturated carbocycles. The number of hydrogen-bond donors (Lipinski definition) is 1. The summed E-state index contributed by atoms with van der Waals surface area (Å²) in [6, 6.07) is 59.1. The SMILES string of the molecule is c1cc(-c2ccc(-c3ccc(Nc4ccc5sc6ccccc6c5c4)cc3)cc2)cc(-n2c3ccccc3c3ccccc32)c1. The van der Waals surface area contributed by atoms with E-state index in [0.717, 1.165) is 11.4 Å². The van der Waals surface area contributed by atoms with Crippen LogP contribution in [0.1, 0.15) is 0 Å². The van der Waals surface area contributed by atoms with Crippen molar-refractivity contribution in [1.82, 2.24) is 4.57 Å². The summed E-state index contributed by atoms with van der Waals surface area (Å²) in [6.45, 7) is 0. The highest BCUT2D eigenvalue weighted by Crippen LogP contribution is 2.37. The lowest BCUT2D eigenvalue weighted by Gasteiger charge is -2.11. The second kappa shape index (κ2) is 10.5. The van der Waals surface area contributed by atoms with E-state index in [1.54, 1.807) is 0 Å². The Balaban J connectivity index is 0.977. The molecule has 0 unspecified atom stereocenters. The second-order valence-electron chi connectivity index (χ2n) is 11.5. The van der Waals surface area contributed by atoms with E-state index in [1.807, 2.05) is 11.3 Å². The van der Waals surface area contributed by atoms with Crippen LogP contribution in [0.15, 0.2) is 164 Å². The van der Waals surface area contributed by atoms with Crippen molar-refractivity contribution in [3.8, 4) is 27.9 Å².